The quantitative estimate of drug-likeness (QED) is 0.126. The summed E-state index contributed by atoms with van der Waals surface area (Å²) < 4.78 is 46.7. The van der Waals surface area contributed by atoms with Crippen molar-refractivity contribution in [2.24, 2.45) is 34.6 Å². The van der Waals surface area contributed by atoms with Gasteiger partial charge in [0, 0.05) is 47.8 Å². The lowest BCUT2D eigenvalue weighted by atomic mass is 10.2. The van der Waals surface area contributed by atoms with Crippen LogP contribution in [0, 0.1) is 0 Å². The third-order valence-corrected chi connectivity index (χ3v) is 8.56. The van der Waals surface area contributed by atoms with Crippen LogP contribution in [0.3, 0.4) is 0 Å². The molecule has 0 aliphatic rings. The Bertz CT molecular complexity index is 1490. The third-order valence-electron chi connectivity index (χ3n) is 6.19. The summed E-state index contributed by atoms with van der Waals surface area (Å²) in [5, 5.41) is 18.3. The van der Waals surface area contributed by atoms with Gasteiger partial charge in [0.2, 0.25) is 12.7 Å². The number of hydrogen-bond donors (Lipinski definition) is 0. The van der Waals surface area contributed by atoms with E-state index in [1.54, 1.807) is 21.8 Å². The van der Waals surface area contributed by atoms with Crippen LogP contribution >= 0.6 is 23.1 Å². The fourth-order valence-corrected chi connectivity index (χ4v) is 5.52. The van der Waals surface area contributed by atoms with Crippen LogP contribution in [0.4, 0.5) is 33.0 Å². The van der Waals surface area contributed by atoms with Crippen LogP contribution in [0.1, 0.15) is 13.8 Å². The fourth-order valence-electron chi connectivity index (χ4n) is 3.82. The van der Waals surface area contributed by atoms with Crippen molar-refractivity contribution >= 4 is 66.5 Å². The average Bonchev–Trinajstić information content (AvgIpc) is 3.62. The predicted octanol–water partition coefficient (Wildman–Crippen LogP) is 4.71. The van der Waals surface area contributed by atoms with Crippen LogP contribution in [0.15, 0.2) is 81.6 Å². The Morgan fingerprint density at radius 1 is 0.698 bits per heavy atom. The summed E-state index contributed by atoms with van der Waals surface area (Å²) in [7, 11) is -0.441. The van der Waals surface area contributed by atoms with Gasteiger partial charge in [-0.25, -0.2) is 17.5 Å². The van der Waals surface area contributed by atoms with Crippen molar-refractivity contribution in [2.45, 2.75) is 13.8 Å². The number of anilines is 2. The van der Waals surface area contributed by atoms with Crippen LogP contribution in [-0.2, 0) is 32.9 Å². The zero-order valence-corrected chi connectivity index (χ0v) is 26.8. The molecule has 2 heterocycles. The molecule has 0 N–H and O–H groups in total. The second kappa shape index (κ2) is 15.6. The number of rotatable bonds is 16. The van der Waals surface area contributed by atoms with Crippen molar-refractivity contribution < 1.29 is 25.9 Å². The highest BCUT2D eigenvalue weighted by molar-refractivity contribution is 7.81. The Hall–Kier alpha value is -3.77. The van der Waals surface area contributed by atoms with E-state index in [1.807, 2.05) is 86.3 Å². The highest BCUT2D eigenvalue weighted by Crippen LogP contribution is 2.23. The van der Waals surface area contributed by atoms with Crippen molar-refractivity contribution in [3.05, 3.63) is 61.2 Å². The first-order valence-electron chi connectivity index (χ1n) is 13.5. The Labute approximate surface area is 259 Å². The molecule has 0 spiro atoms. The lowest BCUT2D eigenvalue weighted by molar-refractivity contribution is -0.656. The molecule has 0 aliphatic carbocycles. The van der Waals surface area contributed by atoms with Gasteiger partial charge in [0.05, 0.1) is 27.3 Å². The van der Waals surface area contributed by atoms with E-state index in [0.29, 0.717) is 47.8 Å². The molecule has 14 nitrogen and oxygen atoms in total. The number of likely N-dealkylation sites (N-methyl/N-ethyl adjacent to an activating group) is 2. The number of aryl methyl sites for hydroxylation is 2. The van der Waals surface area contributed by atoms with Gasteiger partial charge in [0.25, 0.3) is 0 Å². The van der Waals surface area contributed by atoms with Gasteiger partial charge in [-0.05, 0) is 71.1 Å². The minimum atomic E-state index is -4.15. The molecule has 4 aromatic rings. The van der Waals surface area contributed by atoms with E-state index >= 15 is 0 Å². The molecule has 0 atom stereocenters. The van der Waals surface area contributed by atoms with Gasteiger partial charge in [-0.15, -0.1) is 0 Å². The molecule has 0 amide bonds. The van der Waals surface area contributed by atoms with Gasteiger partial charge in [0.1, 0.15) is 34.4 Å². The number of hydrogen-bond acceptors (Lipinski definition) is 14. The lowest BCUT2D eigenvalue weighted by Crippen LogP contribution is -2.30. The molecule has 43 heavy (non-hydrogen) atoms. The molecular formula is C26H34N10O4S3+2. The summed E-state index contributed by atoms with van der Waals surface area (Å²) in [4.78, 5) is 4.00. The van der Waals surface area contributed by atoms with E-state index in [2.05, 4.69) is 29.2 Å². The summed E-state index contributed by atoms with van der Waals surface area (Å²) in [6.45, 7) is 5.93. The normalized spacial score (nSPS) is 12.0. The molecule has 0 aliphatic heterocycles. The molecular weight excluding hydrogens is 613 g/mol. The van der Waals surface area contributed by atoms with Gasteiger partial charge in [-0.3, -0.25) is 0 Å². The molecule has 0 fully saturated rings. The van der Waals surface area contributed by atoms with Crippen molar-refractivity contribution in [1.29, 1.82) is 0 Å². The summed E-state index contributed by atoms with van der Waals surface area (Å²) in [6, 6.07) is 15.0. The van der Waals surface area contributed by atoms with E-state index in [9.17, 15) is 8.42 Å². The monoisotopic (exact) mass is 646 g/mol. The summed E-state index contributed by atoms with van der Waals surface area (Å²) in [6.07, 6.45) is 3.35. The number of benzene rings is 2. The zero-order valence-electron chi connectivity index (χ0n) is 24.3. The van der Waals surface area contributed by atoms with E-state index in [0.717, 1.165) is 11.4 Å². The van der Waals surface area contributed by atoms with Crippen molar-refractivity contribution in [2.75, 3.05) is 49.2 Å². The molecule has 0 saturated carbocycles. The maximum atomic E-state index is 12.4. The largest absolute Gasteiger partial charge is 0.399 e. The van der Waals surface area contributed by atoms with Crippen LogP contribution in [0.5, 0.6) is 0 Å². The Morgan fingerprint density at radius 2 is 1.09 bits per heavy atom. The minimum Gasteiger partial charge on any atom is -0.369 e. The van der Waals surface area contributed by atoms with Gasteiger partial charge < -0.3 is 9.80 Å². The van der Waals surface area contributed by atoms with E-state index in [-0.39, 0.29) is 13.2 Å². The molecule has 0 radical (unpaired) electrons. The molecule has 0 bridgehead atoms. The van der Waals surface area contributed by atoms with Gasteiger partial charge in [0.15, 0.2) is 0 Å². The second-order valence-corrected chi connectivity index (χ2v) is 11.9. The topological polar surface area (TPSA) is 142 Å². The van der Waals surface area contributed by atoms with Crippen molar-refractivity contribution in [3.63, 3.8) is 0 Å². The van der Waals surface area contributed by atoms with Gasteiger partial charge in [-0.2, -0.15) is 8.42 Å². The van der Waals surface area contributed by atoms with Gasteiger partial charge in [-0.1, -0.05) is 10.2 Å². The summed E-state index contributed by atoms with van der Waals surface area (Å²) in [5.74, 6) is 0. The predicted molar refractivity (Wildman–Crippen MR) is 164 cm³/mol. The van der Waals surface area contributed by atoms with Crippen LogP contribution in [0.25, 0.3) is 0 Å². The van der Waals surface area contributed by atoms with Crippen LogP contribution in [-0.4, -0.2) is 56.6 Å². The lowest BCUT2D eigenvalue weighted by Gasteiger charge is -2.23. The number of nitrogens with zero attached hydrogens (tertiary/aromatic N) is 10. The highest BCUT2D eigenvalue weighted by Gasteiger charge is 2.15. The molecule has 0 saturated heterocycles. The first kappa shape index (κ1) is 32.2. The smallest absolute Gasteiger partial charge is 0.369 e. The highest BCUT2D eigenvalue weighted by atomic mass is 32.3. The Kier molecular flexibility index (Phi) is 11.7. The standard InChI is InChI=1S/C26H34N10O4S3/c1-5-35(23-11-7-21(8-12-23)29-31-25-33(3)19-27-41-25)15-17-39-43(37,38)40-18-16-36(6-2)24-13-9-22(10-14-24)30-32-26-34(4)20-28-42-26/h7-14,19-20H,5-6,15-18H2,1-4H3/q+2. The molecule has 228 valence electrons. The molecule has 2 aromatic carbocycles. The first-order valence-corrected chi connectivity index (χ1v) is 16.3. The minimum absolute atomic E-state index is 0.0490. The van der Waals surface area contributed by atoms with Crippen molar-refractivity contribution in [3.8, 4) is 0 Å². The Balaban J connectivity index is 1.21. The Morgan fingerprint density at radius 3 is 1.42 bits per heavy atom. The molecule has 0 unspecified atom stereocenters. The SMILES string of the molecule is CCN(CCOS(=O)(=O)OCCN(CC)c1ccc(/N=N/c2snc[n+]2C)cc1)c1ccc(/N=N/c2snc[n+]2C)cc1. The second-order valence-electron chi connectivity index (χ2n) is 9.06. The van der Waals surface area contributed by atoms with Crippen molar-refractivity contribution in [1.82, 2.24) is 8.75 Å². The first-order chi connectivity index (χ1) is 20.8. The van der Waals surface area contributed by atoms with Crippen LogP contribution < -0.4 is 18.9 Å². The van der Waals surface area contributed by atoms with Crippen LogP contribution in [0.2, 0.25) is 0 Å². The maximum Gasteiger partial charge on any atom is 0.399 e. The molecule has 4 rings (SSSR count). The zero-order chi connectivity index (χ0) is 30.7. The summed E-state index contributed by atoms with van der Waals surface area (Å²) >= 11 is 2.52. The number of azo groups is 2. The summed E-state index contributed by atoms with van der Waals surface area (Å²) in [5.41, 5.74) is 3.22. The maximum absolute atomic E-state index is 12.4. The average molecular weight is 647 g/mol. The van der Waals surface area contributed by atoms with E-state index < -0.39 is 10.4 Å². The van der Waals surface area contributed by atoms with Gasteiger partial charge >= 0.3 is 20.7 Å². The molecule has 17 heteroatoms. The molecule has 2 aromatic heterocycles. The fraction of sp³-hybridized carbons (Fsp3) is 0.385. The number of aromatic nitrogens is 4. The van der Waals surface area contributed by atoms with E-state index in [4.69, 9.17) is 8.37 Å². The third kappa shape index (κ3) is 9.62. The van der Waals surface area contributed by atoms with E-state index in [1.165, 1.54) is 23.1 Å².